The standard InChI is InChI=1S/C10H12Cl2FN/c1-14(6-2-5-11)8-3-4-10(13)9(12)7-8/h3-4,7H,2,5-6H2,1H3. The number of hydrogen-bond donors (Lipinski definition) is 0. The molecule has 0 saturated carbocycles. The highest BCUT2D eigenvalue weighted by molar-refractivity contribution is 6.31. The largest absolute Gasteiger partial charge is 0.375 e. The lowest BCUT2D eigenvalue weighted by molar-refractivity contribution is 0.628. The fourth-order valence-corrected chi connectivity index (χ4v) is 1.44. The van der Waals surface area contributed by atoms with E-state index in [1.54, 1.807) is 12.1 Å². The lowest BCUT2D eigenvalue weighted by Crippen LogP contribution is -2.18. The fourth-order valence-electron chi connectivity index (χ4n) is 1.15. The van der Waals surface area contributed by atoms with Gasteiger partial charge in [0, 0.05) is 25.2 Å². The predicted octanol–water partition coefficient (Wildman–Crippen LogP) is 3.54. The van der Waals surface area contributed by atoms with Gasteiger partial charge in [0.2, 0.25) is 0 Å². The average Bonchev–Trinajstić information content (AvgIpc) is 2.18. The molecule has 0 N–H and O–H groups in total. The number of hydrogen-bond acceptors (Lipinski definition) is 1. The second-order valence-corrected chi connectivity index (χ2v) is 3.85. The van der Waals surface area contributed by atoms with E-state index in [-0.39, 0.29) is 10.8 Å². The van der Waals surface area contributed by atoms with E-state index in [1.807, 2.05) is 11.9 Å². The second kappa shape index (κ2) is 5.42. The van der Waals surface area contributed by atoms with Gasteiger partial charge >= 0.3 is 0 Å². The zero-order chi connectivity index (χ0) is 10.6. The smallest absolute Gasteiger partial charge is 0.141 e. The number of rotatable bonds is 4. The van der Waals surface area contributed by atoms with Crippen LogP contribution in [-0.2, 0) is 0 Å². The first-order valence-electron chi connectivity index (χ1n) is 4.37. The second-order valence-electron chi connectivity index (χ2n) is 3.06. The van der Waals surface area contributed by atoms with Crippen LogP contribution in [0.25, 0.3) is 0 Å². The normalized spacial score (nSPS) is 10.3. The van der Waals surface area contributed by atoms with Crippen LogP contribution in [0.1, 0.15) is 6.42 Å². The molecule has 1 aromatic rings. The highest BCUT2D eigenvalue weighted by atomic mass is 35.5. The number of halogens is 3. The third-order valence-corrected chi connectivity index (χ3v) is 2.53. The van der Waals surface area contributed by atoms with Gasteiger partial charge in [0.1, 0.15) is 5.82 Å². The van der Waals surface area contributed by atoms with E-state index in [2.05, 4.69) is 0 Å². The van der Waals surface area contributed by atoms with Crippen molar-refractivity contribution in [2.24, 2.45) is 0 Å². The summed E-state index contributed by atoms with van der Waals surface area (Å²) in [4.78, 5) is 1.99. The highest BCUT2D eigenvalue weighted by Crippen LogP contribution is 2.21. The van der Waals surface area contributed by atoms with Crippen LogP contribution in [0.2, 0.25) is 5.02 Å². The highest BCUT2D eigenvalue weighted by Gasteiger charge is 2.04. The Morgan fingerprint density at radius 3 is 2.71 bits per heavy atom. The molecule has 0 fully saturated rings. The summed E-state index contributed by atoms with van der Waals surface area (Å²) < 4.78 is 12.8. The Balaban J connectivity index is 2.70. The Hall–Kier alpha value is -0.470. The summed E-state index contributed by atoms with van der Waals surface area (Å²) in [5.41, 5.74) is 0.904. The van der Waals surface area contributed by atoms with Crippen molar-refractivity contribution < 1.29 is 4.39 Å². The molecule has 0 bridgehead atoms. The number of anilines is 1. The van der Waals surface area contributed by atoms with Crippen molar-refractivity contribution in [3.8, 4) is 0 Å². The molecule has 0 amide bonds. The summed E-state index contributed by atoms with van der Waals surface area (Å²) in [5.74, 6) is 0.236. The third-order valence-electron chi connectivity index (χ3n) is 1.97. The Morgan fingerprint density at radius 1 is 1.43 bits per heavy atom. The van der Waals surface area contributed by atoms with Crippen LogP contribution in [0, 0.1) is 5.82 Å². The Labute approximate surface area is 93.4 Å². The van der Waals surface area contributed by atoms with E-state index in [0.29, 0.717) is 5.88 Å². The van der Waals surface area contributed by atoms with Gasteiger partial charge < -0.3 is 4.90 Å². The molecule has 0 aromatic heterocycles. The van der Waals surface area contributed by atoms with Crippen LogP contribution in [0.15, 0.2) is 18.2 Å². The van der Waals surface area contributed by atoms with Gasteiger partial charge in [-0.25, -0.2) is 4.39 Å². The van der Waals surface area contributed by atoms with Gasteiger partial charge in [0.05, 0.1) is 5.02 Å². The van der Waals surface area contributed by atoms with Gasteiger partial charge in [0.15, 0.2) is 0 Å². The minimum absolute atomic E-state index is 0.153. The molecule has 4 heteroatoms. The van der Waals surface area contributed by atoms with Crippen LogP contribution < -0.4 is 4.90 Å². The van der Waals surface area contributed by atoms with Crippen molar-refractivity contribution in [2.75, 3.05) is 24.4 Å². The Bertz CT molecular complexity index is 304. The van der Waals surface area contributed by atoms with Gasteiger partial charge in [-0.2, -0.15) is 0 Å². The van der Waals surface area contributed by atoms with Gasteiger partial charge in [-0.05, 0) is 24.6 Å². The SMILES string of the molecule is CN(CCCCl)c1ccc(F)c(Cl)c1. The molecule has 0 spiro atoms. The molecule has 0 saturated heterocycles. The maximum atomic E-state index is 12.8. The molecule has 0 aliphatic rings. The van der Waals surface area contributed by atoms with Crippen LogP contribution in [0.3, 0.4) is 0 Å². The summed E-state index contributed by atoms with van der Waals surface area (Å²) in [5, 5.41) is 0.153. The lowest BCUT2D eigenvalue weighted by atomic mass is 10.3. The van der Waals surface area contributed by atoms with Crippen LogP contribution in [0.5, 0.6) is 0 Å². The molecule has 1 nitrogen and oxygen atoms in total. The van der Waals surface area contributed by atoms with Crippen molar-refractivity contribution in [1.29, 1.82) is 0 Å². The summed E-state index contributed by atoms with van der Waals surface area (Å²) in [7, 11) is 1.93. The summed E-state index contributed by atoms with van der Waals surface area (Å²) >= 11 is 11.2. The van der Waals surface area contributed by atoms with E-state index in [9.17, 15) is 4.39 Å². The van der Waals surface area contributed by atoms with Crippen LogP contribution in [-0.4, -0.2) is 19.5 Å². The summed E-state index contributed by atoms with van der Waals surface area (Å²) in [6.45, 7) is 0.839. The fraction of sp³-hybridized carbons (Fsp3) is 0.400. The van der Waals surface area contributed by atoms with Gasteiger partial charge in [0.25, 0.3) is 0 Å². The molecule has 78 valence electrons. The summed E-state index contributed by atoms with van der Waals surface area (Å²) in [6, 6.07) is 4.69. The third kappa shape index (κ3) is 3.03. The molecular weight excluding hydrogens is 224 g/mol. The first kappa shape index (κ1) is 11.6. The predicted molar refractivity (Wildman–Crippen MR) is 60.0 cm³/mol. The molecule has 0 radical (unpaired) electrons. The van der Waals surface area contributed by atoms with Crippen molar-refractivity contribution >= 4 is 28.9 Å². The quantitative estimate of drug-likeness (QED) is 0.722. The molecule has 0 heterocycles. The molecule has 14 heavy (non-hydrogen) atoms. The molecule has 0 atom stereocenters. The van der Waals surface area contributed by atoms with E-state index in [0.717, 1.165) is 18.7 Å². The van der Waals surface area contributed by atoms with Gasteiger partial charge in [-0.1, -0.05) is 11.6 Å². The number of nitrogens with zero attached hydrogens (tertiary/aromatic N) is 1. The Kier molecular flexibility index (Phi) is 4.49. The molecule has 1 rings (SSSR count). The molecule has 0 aliphatic carbocycles. The number of benzene rings is 1. The maximum absolute atomic E-state index is 12.8. The van der Waals surface area contributed by atoms with E-state index in [4.69, 9.17) is 23.2 Å². The van der Waals surface area contributed by atoms with E-state index < -0.39 is 0 Å². The first-order valence-corrected chi connectivity index (χ1v) is 5.28. The molecular formula is C10H12Cl2FN. The number of alkyl halides is 1. The van der Waals surface area contributed by atoms with Gasteiger partial charge in [-0.3, -0.25) is 0 Å². The molecule has 0 unspecified atom stereocenters. The van der Waals surface area contributed by atoms with Crippen LogP contribution >= 0.6 is 23.2 Å². The molecule has 1 aromatic carbocycles. The van der Waals surface area contributed by atoms with Crippen molar-refractivity contribution in [2.45, 2.75) is 6.42 Å². The van der Waals surface area contributed by atoms with Crippen LogP contribution in [0.4, 0.5) is 10.1 Å². The minimum atomic E-state index is -0.388. The topological polar surface area (TPSA) is 3.24 Å². The van der Waals surface area contributed by atoms with Crippen molar-refractivity contribution in [3.63, 3.8) is 0 Å². The zero-order valence-corrected chi connectivity index (χ0v) is 9.45. The van der Waals surface area contributed by atoms with E-state index >= 15 is 0 Å². The Morgan fingerprint density at radius 2 is 2.14 bits per heavy atom. The zero-order valence-electron chi connectivity index (χ0n) is 7.93. The van der Waals surface area contributed by atoms with Crippen molar-refractivity contribution in [1.82, 2.24) is 0 Å². The lowest BCUT2D eigenvalue weighted by Gasteiger charge is -2.18. The monoisotopic (exact) mass is 235 g/mol. The maximum Gasteiger partial charge on any atom is 0.141 e. The van der Waals surface area contributed by atoms with Crippen molar-refractivity contribution in [3.05, 3.63) is 29.0 Å². The first-order chi connectivity index (χ1) is 6.65. The molecule has 0 aliphatic heterocycles. The average molecular weight is 236 g/mol. The van der Waals surface area contributed by atoms with Gasteiger partial charge in [-0.15, -0.1) is 11.6 Å². The minimum Gasteiger partial charge on any atom is -0.375 e. The van der Waals surface area contributed by atoms with E-state index in [1.165, 1.54) is 6.07 Å². The summed E-state index contributed by atoms with van der Waals surface area (Å²) in [6.07, 6.45) is 0.896.